The van der Waals surface area contributed by atoms with E-state index in [1.807, 2.05) is 0 Å². The molecule has 10 heteroatoms. The minimum atomic E-state index is -3.47. The molecule has 212 valence electrons. The van der Waals surface area contributed by atoms with Crippen molar-refractivity contribution in [3.63, 3.8) is 0 Å². The van der Waals surface area contributed by atoms with Crippen molar-refractivity contribution in [3.8, 4) is 11.1 Å². The fourth-order valence-electron chi connectivity index (χ4n) is 6.05. The third-order valence-electron chi connectivity index (χ3n) is 7.85. The minimum Gasteiger partial charge on any atom is -0.456 e. The number of benzene rings is 2. The number of Topliss-reactive ketones (excluding diaryl/α,β-unsaturated/α-hetero) is 2. The maximum absolute atomic E-state index is 15.4. The van der Waals surface area contributed by atoms with Gasteiger partial charge in [-0.15, -0.1) is 0 Å². The van der Waals surface area contributed by atoms with E-state index in [-0.39, 0.29) is 39.8 Å². The molecule has 2 aromatic rings. The number of nitrogens with zero attached hydrogens (tertiary/aromatic N) is 1. The first-order valence-electron chi connectivity index (χ1n) is 13.3. The van der Waals surface area contributed by atoms with Gasteiger partial charge in [0.25, 0.3) is 5.92 Å². The first-order chi connectivity index (χ1) is 18.8. The first-order valence-corrected chi connectivity index (χ1v) is 13.3. The molecular weight excluding hydrogens is 524 g/mol. The van der Waals surface area contributed by atoms with Crippen LogP contribution in [-0.4, -0.2) is 64.5 Å². The molecule has 0 bridgehead atoms. The summed E-state index contributed by atoms with van der Waals surface area (Å²) in [6, 6.07) is 6.69. The number of ether oxygens (including phenoxy) is 2. The van der Waals surface area contributed by atoms with Crippen LogP contribution in [0.2, 0.25) is 0 Å². The van der Waals surface area contributed by atoms with Gasteiger partial charge in [0.15, 0.2) is 18.2 Å². The zero-order valence-electron chi connectivity index (χ0n) is 22.5. The second-order valence-electron chi connectivity index (χ2n) is 11.6. The number of alkyl halides is 2. The maximum atomic E-state index is 15.4. The number of amides is 1. The van der Waals surface area contributed by atoms with Crippen LogP contribution in [0.1, 0.15) is 78.3 Å². The zero-order chi connectivity index (χ0) is 29.0. The maximum Gasteiger partial charge on any atom is 0.411 e. The van der Waals surface area contributed by atoms with Crippen LogP contribution in [0.25, 0.3) is 11.1 Å². The van der Waals surface area contributed by atoms with Crippen molar-refractivity contribution in [2.75, 3.05) is 13.2 Å². The van der Waals surface area contributed by atoms with Crippen LogP contribution in [0.5, 0.6) is 0 Å². The van der Waals surface area contributed by atoms with E-state index in [4.69, 9.17) is 14.6 Å². The lowest BCUT2D eigenvalue weighted by atomic mass is 10.0. The van der Waals surface area contributed by atoms with E-state index in [1.165, 1.54) is 29.2 Å². The molecule has 8 nitrogen and oxygen atoms in total. The third kappa shape index (κ3) is 4.89. The first kappa shape index (κ1) is 27.9. The van der Waals surface area contributed by atoms with Crippen molar-refractivity contribution >= 4 is 23.6 Å². The quantitative estimate of drug-likeness (QED) is 0.399. The van der Waals surface area contributed by atoms with Crippen molar-refractivity contribution in [3.05, 3.63) is 58.7 Å². The van der Waals surface area contributed by atoms with Crippen LogP contribution in [0, 0.1) is 5.92 Å². The molecule has 1 heterocycles. The number of esters is 1. The van der Waals surface area contributed by atoms with Crippen molar-refractivity contribution in [1.82, 2.24) is 4.90 Å². The van der Waals surface area contributed by atoms with Gasteiger partial charge >= 0.3 is 12.1 Å². The van der Waals surface area contributed by atoms with Crippen LogP contribution in [0.4, 0.5) is 13.6 Å². The highest BCUT2D eigenvalue weighted by molar-refractivity contribution is 6.01. The number of carbonyl (C=O) groups excluding carboxylic acids is 4. The summed E-state index contributed by atoms with van der Waals surface area (Å²) < 4.78 is 41.6. The van der Waals surface area contributed by atoms with Gasteiger partial charge in [-0.1, -0.05) is 30.7 Å². The van der Waals surface area contributed by atoms with Crippen molar-refractivity contribution in [2.45, 2.75) is 70.1 Å². The molecule has 2 aliphatic carbocycles. The molecule has 1 N–H and O–H groups in total. The monoisotopic (exact) mass is 555 g/mol. The topological polar surface area (TPSA) is 110 Å². The van der Waals surface area contributed by atoms with Gasteiger partial charge in [0.05, 0.1) is 0 Å². The Morgan fingerprint density at radius 1 is 0.975 bits per heavy atom. The van der Waals surface area contributed by atoms with Crippen molar-refractivity contribution in [2.24, 2.45) is 5.92 Å². The minimum absolute atomic E-state index is 0.0339. The van der Waals surface area contributed by atoms with Crippen LogP contribution < -0.4 is 0 Å². The van der Waals surface area contributed by atoms with Gasteiger partial charge < -0.3 is 14.6 Å². The Balaban J connectivity index is 1.30. The molecule has 0 radical (unpaired) electrons. The van der Waals surface area contributed by atoms with Gasteiger partial charge in [0.2, 0.25) is 0 Å². The van der Waals surface area contributed by atoms with Crippen LogP contribution in [0.15, 0.2) is 36.4 Å². The molecule has 3 atom stereocenters. The second-order valence-corrected chi connectivity index (χ2v) is 11.6. The number of aliphatic hydroxyl groups excluding tert-OH is 1. The molecule has 0 spiro atoms. The smallest absolute Gasteiger partial charge is 0.411 e. The molecular formula is C30H31F2NO7. The fraction of sp³-hybridized carbons (Fsp3) is 0.467. The lowest BCUT2D eigenvalue weighted by Crippen LogP contribution is -2.47. The lowest BCUT2D eigenvalue weighted by molar-refractivity contribution is -0.148. The molecule has 40 heavy (non-hydrogen) atoms. The van der Waals surface area contributed by atoms with Crippen molar-refractivity contribution < 1.29 is 42.5 Å². The molecule has 1 saturated carbocycles. The van der Waals surface area contributed by atoms with Crippen LogP contribution >= 0.6 is 0 Å². The van der Waals surface area contributed by atoms with Gasteiger partial charge in [-0.2, -0.15) is 8.78 Å². The van der Waals surface area contributed by atoms with Gasteiger partial charge in [-0.05, 0) is 69.2 Å². The van der Waals surface area contributed by atoms with E-state index in [0.29, 0.717) is 6.42 Å². The normalized spacial score (nSPS) is 22.4. The molecule has 3 unspecified atom stereocenters. The molecule has 1 aliphatic heterocycles. The Bertz CT molecular complexity index is 1400. The van der Waals surface area contributed by atoms with Gasteiger partial charge in [0, 0.05) is 28.3 Å². The number of likely N-dealkylation sites (tertiary alicyclic amines) is 1. The Hall–Kier alpha value is -3.66. The van der Waals surface area contributed by atoms with Gasteiger partial charge in [-0.3, -0.25) is 14.5 Å². The highest BCUT2D eigenvalue weighted by Crippen LogP contribution is 2.51. The number of carbonyl (C=O) groups is 4. The summed E-state index contributed by atoms with van der Waals surface area (Å²) >= 11 is 0. The highest BCUT2D eigenvalue weighted by Gasteiger charge is 2.51. The number of halogens is 2. The largest absolute Gasteiger partial charge is 0.456 e. The van der Waals surface area contributed by atoms with Gasteiger partial charge in [0.1, 0.15) is 18.2 Å². The highest BCUT2D eigenvalue weighted by atomic mass is 19.3. The summed E-state index contributed by atoms with van der Waals surface area (Å²) in [6.07, 6.45) is 2.41. The summed E-state index contributed by atoms with van der Waals surface area (Å²) in [5.74, 6) is -5.40. The van der Waals surface area contributed by atoms with Crippen LogP contribution in [-0.2, 0) is 20.2 Å². The molecule has 0 aromatic heterocycles. The fourth-order valence-corrected chi connectivity index (χ4v) is 6.05. The Morgan fingerprint density at radius 2 is 1.57 bits per heavy atom. The Labute approximate surface area is 230 Å². The van der Waals surface area contributed by atoms with Crippen molar-refractivity contribution in [1.29, 1.82) is 0 Å². The second kappa shape index (κ2) is 10.1. The standard InChI is InChI=1S/C30H31F2NO7/c1-29(2,3)40-28(38)33-23-6-4-5-16(23)13-24(33)27(37)39-15-26(36)18-8-10-20-19-9-7-17(25(35)14-34)11-21(19)30(31,32)22(20)12-18/h7-12,16,23-24,34H,4-6,13-15H2,1-3H3. The molecule has 2 fully saturated rings. The van der Waals surface area contributed by atoms with E-state index in [2.05, 4.69) is 0 Å². The predicted molar refractivity (Wildman–Crippen MR) is 139 cm³/mol. The van der Waals surface area contributed by atoms with E-state index in [1.54, 1.807) is 20.8 Å². The van der Waals surface area contributed by atoms with E-state index < -0.39 is 60.0 Å². The van der Waals surface area contributed by atoms with E-state index in [9.17, 15) is 19.2 Å². The lowest BCUT2D eigenvalue weighted by Gasteiger charge is -2.31. The van der Waals surface area contributed by atoms with Gasteiger partial charge in [-0.25, -0.2) is 9.59 Å². The number of hydrogen-bond acceptors (Lipinski definition) is 7. The van der Waals surface area contributed by atoms with Crippen LogP contribution in [0.3, 0.4) is 0 Å². The molecule has 1 amide bonds. The summed E-state index contributed by atoms with van der Waals surface area (Å²) in [5, 5.41) is 9.09. The summed E-state index contributed by atoms with van der Waals surface area (Å²) in [4.78, 5) is 52.2. The SMILES string of the molecule is CC(C)(C)OC(=O)N1C(C(=O)OCC(=O)c2ccc3c(c2)C(F)(F)c2cc(C(=O)CO)ccc2-3)CC2CCCC21. The summed E-state index contributed by atoms with van der Waals surface area (Å²) in [5.41, 5.74) is -1.16. The molecule has 5 rings (SSSR count). The average Bonchev–Trinajstić information content (AvgIpc) is 3.56. The molecule has 3 aliphatic rings. The number of hydrogen-bond donors (Lipinski definition) is 1. The Morgan fingerprint density at radius 3 is 2.15 bits per heavy atom. The molecule has 2 aromatic carbocycles. The number of rotatable bonds is 6. The van der Waals surface area contributed by atoms with E-state index in [0.717, 1.165) is 31.4 Å². The average molecular weight is 556 g/mol. The third-order valence-corrected chi connectivity index (χ3v) is 7.85. The number of ketones is 2. The number of fused-ring (bicyclic) bond motifs is 4. The summed E-state index contributed by atoms with van der Waals surface area (Å²) in [6.45, 7) is 3.76. The summed E-state index contributed by atoms with van der Waals surface area (Å²) in [7, 11) is 0. The van der Waals surface area contributed by atoms with E-state index >= 15 is 8.78 Å². The zero-order valence-corrected chi connectivity index (χ0v) is 22.5. The predicted octanol–water partition coefficient (Wildman–Crippen LogP) is 4.89. The Kier molecular flexibility index (Phi) is 7.02. The number of aliphatic hydroxyl groups is 1. The molecule has 1 saturated heterocycles.